The first-order chi connectivity index (χ1) is 18.3. The largest absolute Gasteiger partial charge is 0.496 e. The van der Waals surface area contributed by atoms with E-state index >= 15 is 0 Å². The second kappa shape index (κ2) is 12.5. The summed E-state index contributed by atoms with van der Waals surface area (Å²) in [6, 6.07) is 12.6. The fourth-order valence-electron chi connectivity index (χ4n) is 4.17. The van der Waals surface area contributed by atoms with E-state index in [0.717, 1.165) is 49.2 Å². The molecule has 3 aromatic rings. The Morgan fingerprint density at radius 1 is 1.18 bits per heavy atom. The van der Waals surface area contributed by atoms with Gasteiger partial charge in [-0.05, 0) is 55.6 Å². The number of hydrogen-bond acceptors (Lipinski definition) is 7. The lowest BCUT2D eigenvalue weighted by atomic mass is 10.0. The molecule has 0 spiro atoms. The highest BCUT2D eigenvalue weighted by atomic mass is 32.2. The van der Waals surface area contributed by atoms with Crippen LogP contribution in [0.3, 0.4) is 0 Å². The molecular weight excluding hydrogens is 517 g/mol. The third kappa shape index (κ3) is 6.96. The van der Waals surface area contributed by atoms with Crippen molar-refractivity contribution in [3.05, 3.63) is 70.8 Å². The number of nitrogens with one attached hydrogen (secondary N) is 2. The number of hydrogen-bond donors (Lipinski definition) is 2. The topological polar surface area (TPSA) is 85.4 Å². The number of thioether (sulfide) groups is 1. The Labute approximate surface area is 223 Å². The Hall–Kier alpha value is -3.31. The summed E-state index contributed by atoms with van der Waals surface area (Å²) in [6.45, 7) is 3.86. The molecule has 1 aromatic heterocycles. The van der Waals surface area contributed by atoms with Crippen LogP contribution in [0.25, 0.3) is 11.3 Å². The highest BCUT2D eigenvalue weighted by molar-refractivity contribution is 7.99. The summed E-state index contributed by atoms with van der Waals surface area (Å²) in [5, 5.41) is 15.9. The lowest BCUT2D eigenvalue weighted by molar-refractivity contribution is -0.137. The molecular formula is C27H29F3N4O3S. The lowest BCUT2D eigenvalue weighted by Gasteiger charge is -2.23. The van der Waals surface area contributed by atoms with Crippen molar-refractivity contribution >= 4 is 17.9 Å². The minimum absolute atomic E-state index is 0.0373. The Morgan fingerprint density at radius 2 is 1.97 bits per heavy atom. The van der Waals surface area contributed by atoms with Gasteiger partial charge in [-0.2, -0.15) is 13.2 Å². The molecule has 38 heavy (non-hydrogen) atoms. The third-order valence-corrected chi connectivity index (χ3v) is 7.53. The van der Waals surface area contributed by atoms with E-state index in [1.54, 1.807) is 11.8 Å². The van der Waals surface area contributed by atoms with E-state index in [4.69, 9.17) is 9.47 Å². The zero-order valence-electron chi connectivity index (χ0n) is 21.1. The monoisotopic (exact) mass is 546 g/mol. The predicted octanol–water partition coefficient (Wildman–Crippen LogP) is 5.75. The third-order valence-electron chi connectivity index (χ3n) is 6.24. The Balaban J connectivity index is 1.61. The standard InChI is InChI=1S/C27H29F3N4O3S/c1-17-22(15-32-26(35)37-16-18-7-4-3-5-8-18)25(38-20-9-6-12-31-14-20)34-33-24(17)21-11-10-19(27(28,29)30)13-23(21)36-2/h3-5,7-8,10-11,13,20,31H,6,9,12,14-16H2,1-2H3,(H,32,35)/t20-/m1/s1. The smallest absolute Gasteiger partial charge is 0.416 e. The number of aromatic nitrogens is 2. The normalized spacial score (nSPS) is 15.7. The summed E-state index contributed by atoms with van der Waals surface area (Å²) in [4.78, 5) is 12.5. The minimum atomic E-state index is -4.50. The van der Waals surface area contributed by atoms with Gasteiger partial charge in [0.15, 0.2) is 0 Å². The number of rotatable bonds is 8. The lowest BCUT2D eigenvalue weighted by Crippen LogP contribution is -2.32. The van der Waals surface area contributed by atoms with E-state index in [1.165, 1.54) is 13.2 Å². The maximum atomic E-state index is 13.3. The molecule has 0 aliphatic carbocycles. The number of amides is 1. The molecule has 4 rings (SSSR count). The van der Waals surface area contributed by atoms with E-state index in [1.807, 2.05) is 37.3 Å². The summed E-state index contributed by atoms with van der Waals surface area (Å²) in [6.07, 6.45) is -3.03. The highest BCUT2D eigenvalue weighted by Gasteiger charge is 2.32. The second-order valence-corrected chi connectivity index (χ2v) is 10.2. The van der Waals surface area contributed by atoms with Gasteiger partial charge >= 0.3 is 12.3 Å². The number of halogens is 3. The maximum absolute atomic E-state index is 13.3. The summed E-state index contributed by atoms with van der Waals surface area (Å²) < 4.78 is 50.4. The molecule has 7 nitrogen and oxygen atoms in total. The van der Waals surface area contributed by atoms with Crippen LogP contribution in [0.4, 0.5) is 18.0 Å². The number of alkyl carbamates (subject to hydrolysis) is 1. The first-order valence-corrected chi connectivity index (χ1v) is 13.1. The highest BCUT2D eigenvalue weighted by Crippen LogP contribution is 2.39. The van der Waals surface area contributed by atoms with Crippen LogP contribution in [0.2, 0.25) is 0 Å². The van der Waals surface area contributed by atoms with Gasteiger partial charge in [-0.3, -0.25) is 0 Å². The average molecular weight is 547 g/mol. The Morgan fingerprint density at radius 3 is 2.66 bits per heavy atom. The van der Waals surface area contributed by atoms with Gasteiger partial charge in [0.05, 0.1) is 18.4 Å². The number of nitrogens with zero attached hydrogens (tertiary/aromatic N) is 2. The maximum Gasteiger partial charge on any atom is 0.416 e. The quantitative estimate of drug-likeness (QED) is 0.372. The Kier molecular flexibility index (Phi) is 9.11. The van der Waals surface area contributed by atoms with Crippen molar-refractivity contribution in [3.63, 3.8) is 0 Å². The summed E-state index contributed by atoms with van der Waals surface area (Å²) in [7, 11) is 1.31. The molecule has 0 bridgehead atoms. The summed E-state index contributed by atoms with van der Waals surface area (Å²) >= 11 is 1.58. The van der Waals surface area contributed by atoms with Crippen molar-refractivity contribution in [2.45, 2.75) is 49.4 Å². The van der Waals surface area contributed by atoms with Crippen molar-refractivity contribution < 1.29 is 27.4 Å². The van der Waals surface area contributed by atoms with Gasteiger partial charge in [-0.1, -0.05) is 42.1 Å². The number of alkyl halides is 3. The van der Waals surface area contributed by atoms with Gasteiger partial charge in [0.2, 0.25) is 0 Å². The van der Waals surface area contributed by atoms with Crippen LogP contribution in [-0.2, 0) is 24.1 Å². The fourth-order valence-corrected chi connectivity index (χ4v) is 5.43. The van der Waals surface area contributed by atoms with Crippen LogP contribution in [0, 0.1) is 6.92 Å². The fraction of sp³-hybridized carbons (Fsp3) is 0.370. The van der Waals surface area contributed by atoms with Gasteiger partial charge < -0.3 is 20.1 Å². The molecule has 1 atom stereocenters. The van der Waals surface area contributed by atoms with Gasteiger partial charge in [-0.15, -0.1) is 10.2 Å². The molecule has 1 aliphatic rings. The number of ether oxygens (including phenoxy) is 2. The molecule has 2 heterocycles. The molecule has 2 N–H and O–H groups in total. The number of carbonyl (C=O) groups is 1. The molecule has 2 aromatic carbocycles. The van der Waals surface area contributed by atoms with Crippen LogP contribution in [0.1, 0.15) is 35.1 Å². The van der Waals surface area contributed by atoms with Gasteiger partial charge in [0, 0.05) is 29.5 Å². The van der Waals surface area contributed by atoms with E-state index in [0.29, 0.717) is 21.8 Å². The molecule has 0 saturated carbocycles. The molecule has 202 valence electrons. The molecule has 1 fully saturated rings. The zero-order valence-corrected chi connectivity index (χ0v) is 21.9. The van der Waals surface area contributed by atoms with Crippen LogP contribution < -0.4 is 15.4 Å². The van der Waals surface area contributed by atoms with Crippen molar-refractivity contribution in [1.29, 1.82) is 0 Å². The molecule has 0 unspecified atom stereocenters. The van der Waals surface area contributed by atoms with Crippen LogP contribution >= 0.6 is 11.8 Å². The number of methoxy groups -OCH3 is 1. The number of benzene rings is 2. The predicted molar refractivity (Wildman–Crippen MR) is 139 cm³/mol. The first-order valence-electron chi connectivity index (χ1n) is 12.2. The van der Waals surface area contributed by atoms with Gasteiger partial charge in [-0.25, -0.2) is 4.79 Å². The summed E-state index contributed by atoms with van der Waals surface area (Å²) in [5.74, 6) is 0.0373. The van der Waals surface area contributed by atoms with Gasteiger partial charge in [0.25, 0.3) is 0 Å². The van der Waals surface area contributed by atoms with E-state index in [-0.39, 0.29) is 24.2 Å². The SMILES string of the molecule is COc1cc(C(F)(F)F)ccc1-c1nnc(S[C@@H]2CCCNC2)c(CNC(=O)OCc2ccccc2)c1C. The second-order valence-electron chi connectivity index (χ2n) is 8.87. The van der Waals surface area contributed by atoms with Crippen molar-refractivity contribution in [2.75, 3.05) is 20.2 Å². The van der Waals surface area contributed by atoms with E-state index < -0.39 is 17.8 Å². The van der Waals surface area contributed by atoms with Crippen molar-refractivity contribution in [2.24, 2.45) is 0 Å². The number of carbonyl (C=O) groups excluding carboxylic acids is 1. The molecule has 1 aliphatic heterocycles. The molecule has 1 saturated heterocycles. The van der Waals surface area contributed by atoms with E-state index in [9.17, 15) is 18.0 Å². The molecule has 11 heteroatoms. The number of piperidine rings is 1. The van der Waals surface area contributed by atoms with Gasteiger partial charge in [0.1, 0.15) is 17.4 Å². The van der Waals surface area contributed by atoms with Crippen molar-refractivity contribution in [1.82, 2.24) is 20.8 Å². The Bertz CT molecular complexity index is 1250. The van der Waals surface area contributed by atoms with Crippen LogP contribution in [-0.4, -0.2) is 41.7 Å². The van der Waals surface area contributed by atoms with Crippen molar-refractivity contribution in [3.8, 4) is 17.0 Å². The molecule has 1 amide bonds. The molecule has 0 radical (unpaired) electrons. The summed E-state index contributed by atoms with van der Waals surface area (Å²) in [5.41, 5.74) is 2.23. The zero-order chi connectivity index (χ0) is 27.1. The van der Waals surface area contributed by atoms with Crippen LogP contribution in [0.15, 0.2) is 53.6 Å². The average Bonchev–Trinajstić information content (AvgIpc) is 2.92. The van der Waals surface area contributed by atoms with Crippen LogP contribution in [0.5, 0.6) is 5.75 Å². The first kappa shape index (κ1) is 27.7. The van der Waals surface area contributed by atoms with E-state index in [2.05, 4.69) is 20.8 Å². The minimum Gasteiger partial charge on any atom is -0.496 e.